The van der Waals surface area contributed by atoms with Gasteiger partial charge in [-0.2, -0.15) is 0 Å². The Hall–Kier alpha value is -3.00. The third-order valence-electron chi connectivity index (χ3n) is 6.39. The maximum atomic E-state index is 13.1. The van der Waals surface area contributed by atoms with Crippen molar-refractivity contribution in [3.8, 4) is 0 Å². The van der Waals surface area contributed by atoms with Gasteiger partial charge in [0.15, 0.2) is 0 Å². The van der Waals surface area contributed by atoms with Crippen molar-refractivity contribution in [3.63, 3.8) is 0 Å². The molecular weight excluding hydrogens is 424 g/mol. The molecule has 3 aromatic rings. The highest BCUT2D eigenvalue weighted by atomic mass is 32.1. The minimum absolute atomic E-state index is 0.0215. The second-order valence-corrected chi connectivity index (χ2v) is 9.53. The van der Waals surface area contributed by atoms with Crippen molar-refractivity contribution in [1.82, 2.24) is 14.9 Å². The summed E-state index contributed by atoms with van der Waals surface area (Å²) in [6, 6.07) is 7.72. The minimum Gasteiger partial charge on any atom is -0.347 e. The van der Waals surface area contributed by atoms with Crippen molar-refractivity contribution in [3.05, 3.63) is 56.4 Å². The summed E-state index contributed by atoms with van der Waals surface area (Å²) in [5, 5.41) is 3.54. The van der Waals surface area contributed by atoms with E-state index in [-0.39, 0.29) is 17.4 Å². The van der Waals surface area contributed by atoms with Crippen molar-refractivity contribution in [2.75, 3.05) is 11.4 Å². The van der Waals surface area contributed by atoms with E-state index in [2.05, 4.69) is 5.32 Å². The van der Waals surface area contributed by atoms with Crippen LogP contribution in [0.4, 0.5) is 5.69 Å². The van der Waals surface area contributed by atoms with Crippen molar-refractivity contribution >= 4 is 39.1 Å². The molecule has 0 unspecified atom stereocenters. The van der Waals surface area contributed by atoms with Gasteiger partial charge < -0.3 is 10.2 Å². The summed E-state index contributed by atoms with van der Waals surface area (Å²) in [6.45, 7) is 3.68. The Labute approximate surface area is 190 Å². The van der Waals surface area contributed by atoms with Crippen LogP contribution in [0.2, 0.25) is 0 Å². The largest absolute Gasteiger partial charge is 0.347 e. The topological polar surface area (TPSA) is 84.3 Å². The predicted octanol–water partition coefficient (Wildman–Crippen LogP) is 3.55. The average molecular weight is 451 g/mol. The summed E-state index contributed by atoms with van der Waals surface area (Å²) in [4.78, 5) is 45.7. The molecule has 0 bridgehead atoms. The lowest BCUT2D eigenvalue weighted by Gasteiger charge is -2.16. The molecule has 2 amide bonds. The Balaban J connectivity index is 1.34. The van der Waals surface area contributed by atoms with Gasteiger partial charge >= 0.3 is 0 Å². The summed E-state index contributed by atoms with van der Waals surface area (Å²) in [5.74, 6) is 0.807. The highest BCUT2D eigenvalue weighted by Gasteiger charge is 2.23. The van der Waals surface area contributed by atoms with Crippen LogP contribution in [0, 0.1) is 6.92 Å². The molecule has 2 aliphatic rings. The number of rotatable bonds is 4. The zero-order valence-corrected chi connectivity index (χ0v) is 19.0. The number of carbonyl (C=O) groups is 2. The molecule has 1 aromatic carbocycles. The van der Waals surface area contributed by atoms with Crippen LogP contribution >= 0.6 is 11.3 Å². The van der Waals surface area contributed by atoms with Gasteiger partial charge in [0.05, 0.1) is 10.3 Å². The van der Waals surface area contributed by atoms with Gasteiger partial charge in [-0.15, -0.1) is 11.3 Å². The zero-order chi connectivity index (χ0) is 22.2. The fourth-order valence-corrected chi connectivity index (χ4v) is 5.71. The molecule has 0 spiro atoms. The van der Waals surface area contributed by atoms with Gasteiger partial charge in [0.2, 0.25) is 5.91 Å². The summed E-state index contributed by atoms with van der Waals surface area (Å²) in [6.07, 6.45) is 5.45. The molecular formula is C24H26N4O3S. The van der Waals surface area contributed by atoms with Crippen LogP contribution in [-0.4, -0.2) is 27.9 Å². The van der Waals surface area contributed by atoms with E-state index in [1.165, 1.54) is 11.3 Å². The highest BCUT2D eigenvalue weighted by molar-refractivity contribution is 7.20. The third-order valence-corrected chi connectivity index (χ3v) is 7.58. The Bertz CT molecular complexity index is 1260. The first-order valence-corrected chi connectivity index (χ1v) is 12.0. The number of benzene rings is 1. The first kappa shape index (κ1) is 20.9. The molecule has 2 aliphatic heterocycles. The van der Waals surface area contributed by atoms with Crippen molar-refractivity contribution in [1.29, 1.82) is 0 Å². The van der Waals surface area contributed by atoms with E-state index in [0.29, 0.717) is 40.2 Å². The van der Waals surface area contributed by atoms with Gasteiger partial charge in [-0.25, -0.2) is 4.98 Å². The molecule has 2 aromatic heterocycles. The average Bonchev–Trinajstić information content (AvgIpc) is 3.27. The van der Waals surface area contributed by atoms with Crippen LogP contribution < -0.4 is 15.8 Å². The number of hydrogen-bond donors (Lipinski definition) is 1. The van der Waals surface area contributed by atoms with E-state index in [1.807, 2.05) is 31.2 Å². The molecule has 5 rings (SSSR count). The number of hydrogen-bond acceptors (Lipinski definition) is 5. The Morgan fingerprint density at radius 1 is 1.06 bits per heavy atom. The third kappa shape index (κ3) is 3.72. The van der Waals surface area contributed by atoms with Crippen LogP contribution in [0.1, 0.15) is 58.7 Å². The van der Waals surface area contributed by atoms with E-state index >= 15 is 0 Å². The standard InChI is InChI=1S/C24H26N4O3S/c1-15-20-23(26-18-6-3-2-4-12-28(18)24(20)31)32-21(15)22(30)25-14-16-8-10-17(11-9-16)27-13-5-7-19(27)29/h8-11H,2-7,12-14H2,1H3,(H,25,30). The first-order valence-electron chi connectivity index (χ1n) is 11.2. The van der Waals surface area contributed by atoms with Crippen molar-refractivity contribution < 1.29 is 9.59 Å². The van der Waals surface area contributed by atoms with Gasteiger partial charge in [0.25, 0.3) is 11.5 Å². The van der Waals surface area contributed by atoms with Crippen molar-refractivity contribution in [2.24, 2.45) is 0 Å². The number of fused-ring (bicyclic) bond motifs is 2. The number of amides is 2. The molecule has 32 heavy (non-hydrogen) atoms. The van der Waals surface area contributed by atoms with Crippen LogP contribution in [0.5, 0.6) is 0 Å². The van der Waals surface area contributed by atoms with Crippen LogP contribution in [0.15, 0.2) is 29.1 Å². The normalized spacial score (nSPS) is 16.3. The van der Waals surface area contributed by atoms with E-state index in [0.717, 1.165) is 55.7 Å². The van der Waals surface area contributed by atoms with Gasteiger partial charge in [-0.05, 0) is 49.4 Å². The number of aryl methyl sites for hydroxylation is 2. The van der Waals surface area contributed by atoms with Crippen LogP contribution in [-0.2, 0) is 24.3 Å². The van der Waals surface area contributed by atoms with Gasteiger partial charge in [0.1, 0.15) is 10.7 Å². The molecule has 7 nitrogen and oxygen atoms in total. The maximum absolute atomic E-state index is 13.1. The van der Waals surface area contributed by atoms with Crippen LogP contribution in [0.25, 0.3) is 10.2 Å². The predicted molar refractivity (Wildman–Crippen MR) is 125 cm³/mol. The van der Waals surface area contributed by atoms with Crippen molar-refractivity contribution in [2.45, 2.75) is 58.5 Å². The lowest BCUT2D eigenvalue weighted by atomic mass is 10.1. The second kappa shape index (κ2) is 8.50. The monoisotopic (exact) mass is 450 g/mol. The summed E-state index contributed by atoms with van der Waals surface area (Å²) >= 11 is 1.30. The van der Waals surface area contributed by atoms with Gasteiger partial charge in [-0.3, -0.25) is 19.0 Å². The molecule has 0 atom stereocenters. The molecule has 0 aliphatic carbocycles. The molecule has 1 fully saturated rings. The molecule has 8 heteroatoms. The maximum Gasteiger partial charge on any atom is 0.262 e. The molecule has 0 saturated carbocycles. The molecule has 166 valence electrons. The van der Waals surface area contributed by atoms with E-state index < -0.39 is 0 Å². The highest BCUT2D eigenvalue weighted by Crippen LogP contribution is 2.28. The number of nitrogens with zero attached hydrogens (tertiary/aromatic N) is 3. The Kier molecular flexibility index (Phi) is 5.55. The second-order valence-electron chi connectivity index (χ2n) is 8.53. The number of thiophene rings is 1. The number of anilines is 1. The molecule has 1 saturated heterocycles. The summed E-state index contributed by atoms with van der Waals surface area (Å²) in [5.41, 5.74) is 2.54. The zero-order valence-electron chi connectivity index (χ0n) is 18.1. The SMILES string of the molecule is Cc1c(C(=O)NCc2ccc(N3CCCC3=O)cc2)sc2nc3n(c(=O)c12)CCCCC3. The molecule has 0 radical (unpaired) electrons. The summed E-state index contributed by atoms with van der Waals surface area (Å²) in [7, 11) is 0. The number of aromatic nitrogens is 2. The first-order chi connectivity index (χ1) is 15.5. The lowest BCUT2D eigenvalue weighted by molar-refractivity contribution is -0.117. The van der Waals surface area contributed by atoms with Gasteiger partial charge in [-0.1, -0.05) is 18.6 Å². The Morgan fingerprint density at radius 2 is 1.88 bits per heavy atom. The number of carbonyl (C=O) groups excluding carboxylic acids is 2. The summed E-state index contributed by atoms with van der Waals surface area (Å²) < 4.78 is 1.80. The van der Waals surface area contributed by atoms with Gasteiger partial charge in [0, 0.05) is 38.2 Å². The minimum atomic E-state index is -0.191. The van der Waals surface area contributed by atoms with E-state index in [9.17, 15) is 14.4 Å². The Morgan fingerprint density at radius 3 is 2.62 bits per heavy atom. The van der Waals surface area contributed by atoms with E-state index in [4.69, 9.17) is 4.98 Å². The smallest absolute Gasteiger partial charge is 0.262 e. The molecule has 4 heterocycles. The van der Waals surface area contributed by atoms with E-state index in [1.54, 1.807) is 9.47 Å². The lowest BCUT2D eigenvalue weighted by Crippen LogP contribution is -2.25. The quantitative estimate of drug-likeness (QED) is 0.659. The molecule has 1 N–H and O–H groups in total. The van der Waals surface area contributed by atoms with Crippen LogP contribution in [0.3, 0.4) is 0 Å². The number of nitrogens with one attached hydrogen (secondary N) is 1. The fraction of sp³-hybridized carbons (Fsp3) is 0.417. The fourth-order valence-electron chi connectivity index (χ4n) is 4.60.